The van der Waals surface area contributed by atoms with Crippen molar-refractivity contribution in [3.8, 4) is 12.3 Å². The van der Waals surface area contributed by atoms with Crippen LogP contribution in [0, 0.1) is 12.3 Å². The van der Waals surface area contributed by atoms with E-state index in [0.29, 0.717) is 13.0 Å². The molecular weight excluding hydrogens is 150 g/mol. The zero-order chi connectivity index (χ0) is 7.98. The van der Waals surface area contributed by atoms with Crippen molar-refractivity contribution in [2.24, 2.45) is 0 Å². The molecular formula is C7H10ClNO. The Hall–Kier alpha value is -0.680. The van der Waals surface area contributed by atoms with Crippen molar-refractivity contribution >= 4 is 17.5 Å². The molecule has 0 fully saturated rings. The quantitative estimate of drug-likeness (QED) is 0.439. The van der Waals surface area contributed by atoms with Crippen LogP contribution < -0.4 is 0 Å². The summed E-state index contributed by atoms with van der Waals surface area (Å²) in [4.78, 5) is 12.3. The van der Waals surface area contributed by atoms with Gasteiger partial charge in [-0.2, -0.15) is 0 Å². The van der Waals surface area contributed by atoms with Gasteiger partial charge in [-0.3, -0.25) is 4.79 Å². The molecule has 0 rings (SSSR count). The average Bonchev–Trinajstić information content (AvgIpc) is 1.98. The van der Waals surface area contributed by atoms with Gasteiger partial charge in [0, 0.05) is 20.0 Å². The summed E-state index contributed by atoms with van der Waals surface area (Å²) in [5.41, 5.74) is 0. The number of carbonyl (C=O) groups excluding carboxylic acids is 1. The molecule has 0 aliphatic rings. The lowest BCUT2D eigenvalue weighted by molar-refractivity contribution is -0.127. The largest absolute Gasteiger partial charge is 0.344 e. The van der Waals surface area contributed by atoms with E-state index in [4.69, 9.17) is 18.0 Å². The summed E-state index contributed by atoms with van der Waals surface area (Å²) in [5, 5.41) is 0. The van der Waals surface area contributed by atoms with Gasteiger partial charge in [0.2, 0.25) is 5.91 Å². The zero-order valence-corrected chi connectivity index (χ0v) is 6.69. The lowest BCUT2D eigenvalue weighted by Gasteiger charge is -2.12. The molecule has 0 aromatic carbocycles. The van der Waals surface area contributed by atoms with Crippen molar-refractivity contribution in [1.82, 2.24) is 4.90 Å². The fraction of sp³-hybridized carbons (Fsp3) is 0.571. The second-order valence-corrected chi connectivity index (χ2v) is 2.17. The molecule has 0 aliphatic carbocycles. The smallest absolute Gasteiger partial charge is 0.237 e. The first-order valence-electron chi connectivity index (χ1n) is 2.95. The highest BCUT2D eigenvalue weighted by atomic mass is 35.5. The monoisotopic (exact) mass is 159 g/mol. The Morgan fingerprint density at radius 2 is 2.40 bits per heavy atom. The van der Waals surface area contributed by atoms with Gasteiger partial charge in [0.25, 0.3) is 0 Å². The second-order valence-electron chi connectivity index (χ2n) is 1.90. The summed E-state index contributed by atoms with van der Waals surface area (Å²) in [6, 6.07) is 0. The Balaban J connectivity index is 3.53. The van der Waals surface area contributed by atoms with Crippen molar-refractivity contribution in [2.45, 2.75) is 6.42 Å². The molecule has 0 atom stereocenters. The fourth-order valence-electron chi connectivity index (χ4n) is 0.459. The van der Waals surface area contributed by atoms with Crippen molar-refractivity contribution in [3.63, 3.8) is 0 Å². The van der Waals surface area contributed by atoms with Gasteiger partial charge in [0.05, 0.1) is 0 Å². The fourth-order valence-corrected chi connectivity index (χ4v) is 0.663. The van der Waals surface area contributed by atoms with E-state index in [1.165, 1.54) is 4.90 Å². The number of nitrogens with zero attached hydrogens (tertiary/aromatic N) is 1. The van der Waals surface area contributed by atoms with Crippen LogP contribution in [0.5, 0.6) is 0 Å². The summed E-state index contributed by atoms with van der Waals surface area (Å²) in [6.07, 6.45) is 5.58. The van der Waals surface area contributed by atoms with Crippen LogP contribution in [0.2, 0.25) is 0 Å². The highest BCUT2D eigenvalue weighted by molar-refractivity contribution is 6.27. The predicted molar refractivity (Wildman–Crippen MR) is 41.8 cm³/mol. The lowest BCUT2D eigenvalue weighted by atomic mass is 10.4. The number of terminal acetylenes is 1. The number of carbonyl (C=O) groups is 1. The molecule has 0 radical (unpaired) electrons. The van der Waals surface area contributed by atoms with Crippen LogP contribution in [0.15, 0.2) is 0 Å². The molecule has 0 heterocycles. The number of alkyl halides is 1. The lowest BCUT2D eigenvalue weighted by Crippen LogP contribution is -2.28. The second kappa shape index (κ2) is 5.13. The molecule has 2 nitrogen and oxygen atoms in total. The first kappa shape index (κ1) is 9.32. The molecule has 56 valence electrons. The predicted octanol–water partition coefficient (Wildman–Crippen LogP) is 0.707. The van der Waals surface area contributed by atoms with Crippen LogP contribution in [-0.4, -0.2) is 30.3 Å². The molecule has 0 aromatic rings. The average molecular weight is 160 g/mol. The Morgan fingerprint density at radius 1 is 1.80 bits per heavy atom. The first-order valence-corrected chi connectivity index (χ1v) is 3.49. The molecule has 10 heavy (non-hydrogen) atoms. The molecule has 1 amide bonds. The SMILES string of the molecule is C#CCCN(C)C(=O)CCl. The maximum absolute atomic E-state index is 10.7. The molecule has 0 aliphatic heterocycles. The first-order chi connectivity index (χ1) is 4.72. The topological polar surface area (TPSA) is 20.3 Å². The van der Waals surface area contributed by atoms with Crippen LogP contribution in [0.1, 0.15) is 6.42 Å². The van der Waals surface area contributed by atoms with E-state index < -0.39 is 0 Å². The molecule has 0 saturated heterocycles. The van der Waals surface area contributed by atoms with Crippen molar-refractivity contribution in [3.05, 3.63) is 0 Å². The third-order valence-corrected chi connectivity index (χ3v) is 1.36. The summed E-state index contributed by atoms with van der Waals surface area (Å²) in [6.45, 7) is 0.585. The van der Waals surface area contributed by atoms with E-state index >= 15 is 0 Å². The number of hydrogen-bond donors (Lipinski definition) is 0. The maximum Gasteiger partial charge on any atom is 0.237 e. The molecule has 3 heteroatoms. The summed E-state index contributed by atoms with van der Waals surface area (Å²) in [7, 11) is 1.68. The Bertz CT molecular complexity index is 150. The van der Waals surface area contributed by atoms with E-state index in [1.807, 2.05) is 0 Å². The summed E-state index contributed by atoms with van der Waals surface area (Å²) >= 11 is 5.28. The van der Waals surface area contributed by atoms with Crippen LogP contribution in [0.3, 0.4) is 0 Å². The third-order valence-electron chi connectivity index (χ3n) is 1.13. The number of halogens is 1. The molecule has 0 N–H and O–H groups in total. The van der Waals surface area contributed by atoms with Gasteiger partial charge in [0.15, 0.2) is 0 Å². The zero-order valence-electron chi connectivity index (χ0n) is 5.93. The van der Waals surface area contributed by atoms with Gasteiger partial charge in [0.1, 0.15) is 5.88 Å². The van der Waals surface area contributed by atoms with Crippen LogP contribution in [0.25, 0.3) is 0 Å². The number of amides is 1. The molecule has 0 bridgehead atoms. The van der Waals surface area contributed by atoms with E-state index in [-0.39, 0.29) is 11.8 Å². The van der Waals surface area contributed by atoms with Crippen molar-refractivity contribution < 1.29 is 4.79 Å². The van der Waals surface area contributed by atoms with Gasteiger partial charge in [-0.1, -0.05) is 0 Å². The summed E-state index contributed by atoms with van der Waals surface area (Å²) < 4.78 is 0. The van der Waals surface area contributed by atoms with Crippen LogP contribution in [0.4, 0.5) is 0 Å². The number of hydrogen-bond acceptors (Lipinski definition) is 1. The standard InChI is InChI=1S/C7H10ClNO/c1-3-4-5-9(2)7(10)6-8/h1H,4-6H2,2H3. The molecule has 0 aromatic heterocycles. The van der Waals surface area contributed by atoms with Crippen molar-refractivity contribution in [2.75, 3.05) is 19.5 Å². The summed E-state index contributed by atoms with van der Waals surface area (Å²) in [5.74, 6) is 2.38. The van der Waals surface area contributed by atoms with Crippen molar-refractivity contribution in [1.29, 1.82) is 0 Å². The van der Waals surface area contributed by atoms with Crippen LogP contribution in [-0.2, 0) is 4.79 Å². The maximum atomic E-state index is 10.7. The Labute approximate surface area is 66.2 Å². The minimum Gasteiger partial charge on any atom is -0.344 e. The molecule has 0 unspecified atom stereocenters. The van der Waals surface area contributed by atoms with E-state index in [0.717, 1.165) is 0 Å². The normalized spacial score (nSPS) is 8.50. The Kier molecular flexibility index (Phi) is 4.78. The van der Waals surface area contributed by atoms with Gasteiger partial charge in [-0.25, -0.2) is 0 Å². The van der Waals surface area contributed by atoms with Gasteiger partial charge < -0.3 is 4.90 Å². The van der Waals surface area contributed by atoms with Gasteiger partial charge in [-0.15, -0.1) is 23.9 Å². The highest BCUT2D eigenvalue weighted by Gasteiger charge is 2.03. The minimum atomic E-state index is -0.0862. The van der Waals surface area contributed by atoms with Gasteiger partial charge in [-0.05, 0) is 0 Å². The number of rotatable bonds is 3. The third kappa shape index (κ3) is 3.37. The Morgan fingerprint density at radius 3 is 2.80 bits per heavy atom. The van der Waals surface area contributed by atoms with E-state index in [2.05, 4.69) is 5.92 Å². The molecule has 0 saturated carbocycles. The van der Waals surface area contributed by atoms with Gasteiger partial charge >= 0.3 is 0 Å². The van der Waals surface area contributed by atoms with E-state index in [1.54, 1.807) is 7.05 Å². The van der Waals surface area contributed by atoms with Crippen LogP contribution >= 0.6 is 11.6 Å². The minimum absolute atomic E-state index is 0.0288. The highest BCUT2D eigenvalue weighted by Crippen LogP contribution is 1.89. The van der Waals surface area contributed by atoms with E-state index in [9.17, 15) is 4.79 Å². The molecule has 0 spiro atoms.